The van der Waals surface area contributed by atoms with Crippen molar-refractivity contribution in [2.24, 2.45) is 5.92 Å². The van der Waals surface area contributed by atoms with Gasteiger partial charge in [-0.15, -0.1) is 0 Å². The first kappa shape index (κ1) is 23.1. The van der Waals surface area contributed by atoms with Crippen molar-refractivity contribution >= 4 is 11.8 Å². The van der Waals surface area contributed by atoms with Crippen LogP contribution in [0.25, 0.3) is 0 Å². The second-order valence-electron chi connectivity index (χ2n) is 8.01. The summed E-state index contributed by atoms with van der Waals surface area (Å²) in [6.07, 6.45) is 0. The minimum atomic E-state index is -0.667. The van der Waals surface area contributed by atoms with Crippen LogP contribution < -0.4 is 15.4 Å². The Morgan fingerprint density at radius 2 is 1.34 bits per heavy atom. The molecule has 0 bridgehead atoms. The van der Waals surface area contributed by atoms with Crippen LogP contribution in [0, 0.1) is 5.92 Å². The van der Waals surface area contributed by atoms with E-state index in [0.29, 0.717) is 17.9 Å². The molecule has 3 aromatic rings. The van der Waals surface area contributed by atoms with Crippen LogP contribution in [-0.4, -0.2) is 31.5 Å². The Bertz CT molecular complexity index is 980. The van der Waals surface area contributed by atoms with Crippen LogP contribution >= 0.6 is 0 Å². The molecule has 0 saturated heterocycles. The van der Waals surface area contributed by atoms with Crippen molar-refractivity contribution in [2.45, 2.75) is 25.8 Å². The topological polar surface area (TPSA) is 67.4 Å². The van der Waals surface area contributed by atoms with Crippen molar-refractivity contribution < 1.29 is 14.3 Å². The molecule has 5 heteroatoms. The molecule has 5 nitrogen and oxygen atoms in total. The maximum atomic E-state index is 13.1. The first-order valence-electron chi connectivity index (χ1n) is 10.8. The Morgan fingerprint density at radius 1 is 0.812 bits per heavy atom. The molecule has 0 saturated carbocycles. The number of amides is 2. The highest BCUT2D eigenvalue weighted by molar-refractivity contribution is 5.99. The highest BCUT2D eigenvalue weighted by atomic mass is 16.5. The zero-order chi connectivity index (χ0) is 22.9. The van der Waals surface area contributed by atoms with Gasteiger partial charge in [-0.3, -0.25) is 9.59 Å². The van der Waals surface area contributed by atoms with Crippen molar-refractivity contribution in [1.29, 1.82) is 0 Å². The van der Waals surface area contributed by atoms with Gasteiger partial charge in [0.1, 0.15) is 11.8 Å². The minimum Gasteiger partial charge on any atom is -0.496 e. The largest absolute Gasteiger partial charge is 0.496 e. The Morgan fingerprint density at radius 3 is 1.88 bits per heavy atom. The molecule has 32 heavy (non-hydrogen) atoms. The fourth-order valence-corrected chi connectivity index (χ4v) is 3.70. The summed E-state index contributed by atoms with van der Waals surface area (Å²) in [4.78, 5) is 26.0. The van der Waals surface area contributed by atoms with E-state index in [1.165, 1.54) is 7.11 Å². The van der Waals surface area contributed by atoms with Crippen LogP contribution in [0.3, 0.4) is 0 Å². The van der Waals surface area contributed by atoms with Gasteiger partial charge in [-0.05, 0) is 29.2 Å². The van der Waals surface area contributed by atoms with Crippen LogP contribution in [0.1, 0.15) is 41.3 Å². The smallest absolute Gasteiger partial charge is 0.255 e. The maximum absolute atomic E-state index is 13.1. The van der Waals surface area contributed by atoms with Crippen molar-refractivity contribution in [3.63, 3.8) is 0 Å². The summed E-state index contributed by atoms with van der Waals surface area (Å²) in [6.45, 7) is 4.26. The Balaban J connectivity index is 1.74. The molecule has 0 fully saturated rings. The van der Waals surface area contributed by atoms with E-state index in [1.54, 1.807) is 24.3 Å². The molecule has 3 rings (SSSR count). The molecule has 0 aromatic heterocycles. The van der Waals surface area contributed by atoms with Gasteiger partial charge in [0.15, 0.2) is 0 Å². The molecule has 0 aliphatic heterocycles. The van der Waals surface area contributed by atoms with Crippen molar-refractivity contribution in [3.05, 3.63) is 102 Å². The summed E-state index contributed by atoms with van der Waals surface area (Å²) in [5, 5.41) is 5.94. The zero-order valence-electron chi connectivity index (χ0n) is 18.7. The number of hydrogen-bond acceptors (Lipinski definition) is 3. The monoisotopic (exact) mass is 430 g/mol. The van der Waals surface area contributed by atoms with Gasteiger partial charge in [0.05, 0.1) is 12.7 Å². The summed E-state index contributed by atoms with van der Waals surface area (Å²) in [6, 6.07) is 26.5. The third kappa shape index (κ3) is 5.76. The number of benzene rings is 3. The standard InChI is InChI=1S/C27H30N2O3/c1-19(2)25(29-26(30)22-16-10-11-17-24(22)32-3)27(31)28-18-23(20-12-6-4-7-13-20)21-14-8-5-9-15-21/h4-17,19,23,25H,18H2,1-3H3,(H,28,31)(H,29,30). The van der Waals surface area contributed by atoms with Crippen LogP contribution in [0.15, 0.2) is 84.9 Å². The van der Waals surface area contributed by atoms with Crippen LogP contribution in [0.5, 0.6) is 5.75 Å². The predicted octanol–water partition coefficient (Wildman–Crippen LogP) is 4.40. The number of nitrogens with one attached hydrogen (secondary N) is 2. The van der Waals surface area contributed by atoms with Crippen molar-refractivity contribution in [1.82, 2.24) is 10.6 Å². The number of rotatable bonds is 9. The van der Waals surface area contributed by atoms with E-state index in [-0.39, 0.29) is 23.7 Å². The number of ether oxygens (including phenoxy) is 1. The Kier molecular flexibility index (Phi) is 8.03. The van der Waals surface area contributed by atoms with Gasteiger partial charge in [0.25, 0.3) is 5.91 Å². The lowest BCUT2D eigenvalue weighted by Gasteiger charge is -2.24. The number of para-hydroxylation sites is 1. The average molecular weight is 431 g/mol. The number of carbonyl (C=O) groups is 2. The molecular formula is C27H30N2O3. The molecule has 1 unspecified atom stereocenters. The lowest BCUT2D eigenvalue weighted by atomic mass is 9.91. The van der Waals surface area contributed by atoms with Crippen LogP contribution in [0.2, 0.25) is 0 Å². The fraction of sp³-hybridized carbons (Fsp3) is 0.259. The molecule has 2 amide bonds. The van der Waals surface area contributed by atoms with E-state index < -0.39 is 6.04 Å². The molecule has 0 spiro atoms. The Hall–Kier alpha value is -3.60. The number of carbonyl (C=O) groups excluding carboxylic acids is 2. The third-order valence-corrected chi connectivity index (χ3v) is 5.47. The molecule has 1 atom stereocenters. The first-order chi connectivity index (χ1) is 15.5. The van der Waals surface area contributed by atoms with Gasteiger partial charge in [-0.2, -0.15) is 0 Å². The van der Waals surface area contributed by atoms with E-state index in [2.05, 4.69) is 34.9 Å². The fourth-order valence-electron chi connectivity index (χ4n) is 3.70. The van der Waals surface area contributed by atoms with Gasteiger partial charge in [-0.1, -0.05) is 86.6 Å². The molecule has 0 radical (unpaired) electrons. The Labute approximate surface area is 189 Å². The molecule has 2 N–H and O–H groups in total. The van der Waals surface area contributed by atoms with Crippen LogP contribution in [-0.2, 0) is 4.79 Å². The van der Waals surface area contributed by atoms with Gasteiger partial charge in [0.2, 0.25) is 5.91 Å². The summed E-state index contributed by atoms with van der Waals surface area (Å²) >= 11 is 0. The molecule has 0 aliphatic rings. The molecular weight excluding hydrogens is 400 g/mol. The lowest BCUT2D eigenvalue weighted by Crippen LogP contribution is -2.50. The minimum absolute atomic E-state index is 0.0130. The zero-order valence-corrected chi connectivity index (χ0v) is 18.7. The quantitative estimate of drug-likeness (QED) is 0.529. The van der Waals surface area contributed by atoms with E-state index in [9.17, 15) is 9.59 Å². The molecule has 0 heterocycles. The van der Waals surface area contributed by atoms with E-state index in [4.69, 9.17) is 4.74 Å². The summed E-state index contributed by atoms with van der Waals surface area (Å²) in [5.74, 6) is -0.139. The van der Waals surface area contributed by atoms with Gasteiger partial charge < -0.3 is 15.4 Å². The first-order valence-corrected chi connectivity index (χ1v) is 10.8. The predicted molar refractivity (Wildman–Crippen MR) is 127 cm³/mol. The maximum Gasteiger partial charge on any atom is 0.255 e. The number of hydrogen-bond donors (Lipinski definition) is 2. The van der Waals surface area contributed by atoms with Crippen molar-refractivity contribution in [3.8, 4) is 5.75 Å². The van der Waals surface area contributed by atoms with Crippen molar-refractivity contribution in [2.75, 3.05) is 13.7 Å². The summed E-state index contributed by atoms with van der Waals surface area (Å²) < 4.78 is 5.28. The van der Waals surface area contributed by atoms with E-state index in [0.717, 1.165) is 11.1 Å². The number of methoxy groups -OCH3 is 1. The van der Waals surface area contributed by atoms with E-state index >= 15 is 0 Å². The highest BCUT2D eigenvalue weighted by Gasteiger charge is 2.26. The SMILES string of the molecule is COc1ccccc1C(=O)NC(C(=O)NCC(c1ccccc1)c1ccccc1)C(C)C. The highest BCUT2D eigenvalue weighted by Crippen LogP contribution is 2.24. The van der Waals surface area contributed by atoms with Crippen LogP contribution in [0.4, 0.5) is 0 Å². The van der Waals surface area contributed by atoms with Gasteiger partial charge >= 0.3 is 0 Å². The molecule has 166 valence electrons. The second-order valence-corrected chi connectivity index (χ2v) is 8.01. The van der Waals surface area contributed by atoms with Gasteiger partial charge in [0, 0.05) is 12.5 Å². The third-order valence-electron chi connectivity index (χ3n) is 5.47. The average Bonchev–Trinajstić information content (AvgIpc) is 2.83. The second kappa shape index (κ2) is 11.1. The van der Waals surface area contributed by atoms with E-state index in [1.807, 2.05) is 50.2 Å². The lowest BCUT2D eigenvalue weighted by molar-refractivity contribution is -0.123. The summed E-state index contributed by atoms with van der Waals surface area (Å²) in [5.41, 5.74) is 2.65. The molecule has 0 aliphatic carbocycles. The normalized spacial score (nSPS) is 11.8. The molecule has 3 aromatic carbocycles. The summed E-state index contributed by atoms with van der Waals surface area (Å²) in [7, 11) is 1.52. The van der Waals surface area contributed by atoms with Gasteiger partial charge in [-0.25, -0.2) is 0 Å².